The first kappa shape index (κ1) is 17.7. The van der Waals surface area contributed by atoms with Crippen LogP contribution in [0.1, 0.15) is 12.5 Å². The van der Waals surface area contributed by atoms with Crippen molar-refractivity contribution in [3.8, 4) is 11.5 Å². The Morgan fingerprint density at radius 2 is 2.28 bits per heavy atom. The van der Waals surface area contributed by atoms with Crippen LogP contribution in [-0.4, -0.2) is 26.9 Å². The van der Waals surface area contributed by atoms with Crippen molar-refractivity contribution in [1.29, 1.82) is 0 Å². The average molecular weight is 393 g/mol. The number of phenols is 1. The standard InChI is InChI=1S/C17H13ClN2O3S2/c1-2-23-13-7-10(6-12(18)15(13)21)8-14-16(22)20(17(24)25-14)11-4-3-5-19-9-11/h3-9,21H,2H2,1H3/b14-8-. The van der Waals surface area contributed by atoms with Crippen LogP contribution >= 0.6 is 35.6 Å². The zero-order chi connectivity index (χ0) is 18.0. The molecular weight excluding hydrogens is 380 g/mol. The quantitative estimate of drug-likeness (QED) is 0.620. The van der Waals surface area contributed by atoms with E-state index in [-0.39, 0.29) is 22.4 Å². The Morgan fingerprint density at radius 3 is 2.96 bits per heavy atom. The highest BCUT2D eigenvalue weighted by Crippen LogP contribution is 2.39. The molecule has 8 heteroatoms. The summed E-state index contributed by atoms with van der Waals surface area (Å²) in [6.45, 7) is 2.19. The summed E-state index contributed by atoms with van der Waals surface area (Å²) < 4.78 is 5.79. The Bertz CT molecular complexity index is 872. The van der Waals surface area contributed by atoms with Crippen molar-refractivity contribution in [3.05, 3.63) is 52.2 Å². The van der Waals surface area contributed by atoms with Gasteiger partial charge >= 0.3 is 0 Å². The summed E-state index contributed by atoms with van der Waals surface area (Å²) in [5.41, 5.74) is 1.25. The number of benzene rings is 1. The second-order valence-electron chi connectivity index (χ2n) is 5.01. The van der Waals surface area contributed by atoms with Gasteiger partial charge in [0.2, 0.25) is 0 Å². The van der Waals surface area contributed by atoms with Gasteiger partial charge in [-0.25, -0.2) is 0 Å². The molecule has 128 valence electrons. The topological polar surface area (TPSA) is 62.7 Å². The van der Waals surface area contributed by atoms with Crippen molar-refractivity contribution in [3.63, 3.8) is 0 Å². The van der Waals surface area contributed by atoms with E-state index in [0.717, 1.165) is 0 Å². The van der Waals surface area contributed by atoms with Gasteiger partial charge in [-0.05, 0) is 42.8 Å². The fraction of sp³-hybridized carbons (Fsp3) is 0.118. The van der Waals surface area contributed by atoms with E-state index in [1.165, 1.54) is 16.7 Å². The van der Waals surface area contributed by atoms with Crippen molar-refractivity contribution in [2.45, 2.75) is 6.92 Å². The molecule has 3 rings (SSSR count). The molecule has 0 atom stereocenters. The molecule has 2 aromatic rings. The van der Waals surface area contributed by atoms with Crippen molar-refractivity contribution >= 4 is 57.6 Å². The van der Waals surface area contributed by atoms with Crippen LogP contribution in [0, 0.1) is 0 Å². The number of anilines is 1. The third kappa shape index (κ3) is 3.63. The largest absolute Gasteiger partial charge is 0.503 e. The van der Waals surface area contributed by atoms with E-state index in [2.05, 4.69) is 4.98 Å². The number of thioether (sulfide) groups is 1. The number of thiocarbonyl (C=S) groups is 1. The fourth-order valence-electron chi connectivity index (χ4n) is 2.27. The molecule has 1 N–H and O–H groups in total. The van der Waals surface area contributed by atoms with Crippen LogP contribution in [0.5, 0.6) is 11.5 Å². The summed E-state index contributed by atoms with van der Waals surface area (Å²) >= 11 is 12.5. The molecule has 25 heavy (non-hydrogen) atoms. The number of amides is 1. The number of phenolic OH excluding ortho intramolecular Hbond substituents is 1. The second-order valence-corrected chi connectivity index (χ2v) is 7.09. The molecule has 5 nitrogen and oxygen atoms in total. The zero-order valence-electron chi connectivity index (χ0n) is 13.1. The first-order chi connectivity index (χ1) is 12.0. The van der Waals surface area contributed by atoms with Gasteiger partial charge in [0.05, 0.1) is 28.4 Å². The second kappa shape index (κ2) is 7.43. The van der Waals surface area contributed by atoms with E-state index in [0.29, 0.717) is 27.1 Å². The Hall–Kier alpha value is -2.09. The smallest absolute Gasteiger partial charge is 0.270 e. The SMILES string of the molecule is CCOc1cc(/C=C2\SC(=S)N(c3cccnc3)C2=O)cc(Cl)c1O. The molecule has 1 aliphatic heterocycles. The predicted molar refractivity (Wildman–Crippen MR) is 104 cm³/mol. The molecule has 1 aliphatic rings. The molecule has 1 aromatic heterocycles. The summed E-state index contributed by atoms with van der Waals surface area (Å²) in [6, 6.07) is 6.70. The Balaban J connectivity index is 1.95. The predicted octanol–water partition coefficient (Wildman–Crippen LogP) is 4.25. The van der Waals surface area contributed by atoms with Gasteiger partial charge in [0.1, 0.15) is 0 Å². The lowest BCUT2D eigenvalue weighted by Crippen LogP contribution is -2.27. The molecule has 2 heterocycles. The molecule has 0 unspecified atom stereocenters. The van der Waals surface area contributed by atoms with Crippen LogP contribution in [0.2, 0.25) is 5.02 Å². The van der Waals surface area contributed by atoms with Gasteiger partial charge in [-0.2, -0.15) is 0 Å². The number of carbonyl (C=O) groups is 1. The van der Waals surface area contributed by atoms with Gasteiger partial charge in [0, 0.05) is 6.20 Å². The lowest BCUT2D eigenvalue weighted by Gasteiger charge is -2.13. The molecular formula is C17H13ClN2O3S2. The Kier molecular flexibility index (Phi) is 5.27. The number of ether oxygens (including phenoxy) is 1. The minimum absolute atomic E-state index is 0.122. The highest BCUT2D eigenvalue weighted by atomic mass is 35.5. The molecule has 0 bridgehead atoms. The monoisotopic (exact) mass is 392 g/mol. The number of hydrogen-bond acceptors (Lipinski definition) is 6. The molecule has 1 amide bonds. The number of pyridine rings is 1. The van der Waals surface area contributed by atoms with Crippen molar-refractivity contribution in [2.24, 2.45) is 0 Å². The normalized spacial score (nSPS) is 15.9. The van der Waals surface area contributed by atoms with Gasteiger partial charge < -0.3 is 9.84 Å². The molecule has 0 radical (unpaired) electrons. The molecule has 1 aromatic carbocycles. The third-order valence-corrected chi connectivity index (χ3v) is 4.94. The van der Waals surface area contributed by atoms with Crippen molar-refractivity contribution in [1.82, 2.24) is 4.98 Å². The third-order valence-electron chi connectivity index (χ3n) is 3.35. The maximum absolute atomic E-state index is 12.7. The van der Waals surface area contributed by atoms with E-state index in [1.54, 1.807) is 49.7 Å². The van der Waals surface area contributed by atoms with Gasteiger partial charge in [0.15, 0.2) is 15.8 Å². The molecule has 1 saturated heterocycles. The van der Waals surface area contributed by atoms with E-state index in [4.69, 9.17) is 28.6 Å². The van der Waals surface area contributed by atoms with E-state index in [9.17, 15) is 9.90 Å². The summed E-state index contributed by atoms with van der Waals surface area (Å²) in [6.07, 6.45) is 4.88. The van der Waals surface area contributed by atoms with Crippen LogP contribution < -0.4 is 9.64 Å². The van der Waals surface area contributed by atoms with Crippen LogP contribution in [0.3, 0.4) is 0 Å². The van der Waals surface area contributed by atoms with Gasteiger partial charge in [-0.15, -0.1) is 0 Å². The van der Waals surface area contributed by atoms with Gasteiger partial charge in [-0.1, -0.05) is 35.6 Å². The van der Waals surface area contributed by atoms with Crippen LogP contribution in [0.25, 0.3) is 6.08 Å². The number of halogens is 1. The minimum Gasteiger partial charge on any atom is -0.503 e. The van der Waals surface area contributed by atoms with Crippen molar-refractivity contribution in [2.75, 3.05) is 11.5 Å². The highest BCUT2D eigenvalue weighted by Gasteiger charge is 2.33. The van der Waals surface area contributed by atoms with Crippen LogP contribution in [0.15, 0.2) is 41.6 Å². The Morgan fingerprint density at radius 1 is 1.48 bits per heavy atom. The highest BCUT2D eigenvalue weighted by molar-refractivity contribution is 8.27. The van der Waals surface area contributed by atoms with E-state index < -0.39 is 0 Å². The number of nitrogens with zero attached hydrogens (tertiary/aromatic N) is 2. The fourth-order valence-corrected chi connectivity index (χ4v) is 3.79. The number of carbonyl (C=O) groups excluding carboxylic acids is 1. The summed E-state index contributed by atoms with van der Waals surface area (Å²) in [4.78, 5) is 18.6. The number of aromatic hydroxyl groups is 1. The maximum atomic E-state index is 12.7. The summed E-state index contributed by atoms with van der Waals surface area (Å²) in [5.74, 6) is -0.0854. The molecule has 1 fully saturated rings. The van der Waals surface area contributed by atoms with Gasteiger partial charge in [-0.3, -0.25) is 14.7 Å². The lowest BCUT2D eigenvalue weighted by molar-refractivity contribution is -0.113. The number of hydrogen-bond donors (Lipinski definition) is 1. The maximum Gasteiger partial charge on any atom is 0.270 e. The minimum atomic E-state index is -0.231. The first-order valence-corrected chi connectivity index (χ1v) is 8.94. The number of aromatic nitrogens is 1. The Labute approximate surface area is 159 Å². The molecule has 0 saturated carbocycles. The molecule has 0 aliphatic carbocycles. The molecule has 0 spiro atoms. The van der Waals surface area contributed by atoms with E-state index >= 15 is 0 Å². The average Bonchev–Trinajstić information content (AvgIpc) is 2.87. The van der Waals surface area contributed by atoms with Crippen molar-refractivity contribution < 1.29 is 14.6 Å². The zero-order valence-corrected chi connectivity index (χ0v) is 15.5. The van der Waals surface area contributed by atoms with E-state index in [1.807, 2.05) is 0 Å². The summed E-state index contributed by atoms with van der Waals surface area (Å²) in [7, 11) is 0. The lowest BCUT2D eigenvalue weighted by atomic mass is 10.2. The summed E-state index contributed by atoms with van der Waals surface area (Å²) in [5, 5.41) is 10.1. The van der Waals surface area contributed by atoms with Gasteiger partial charge in [0.25, 0.3) is 5.91 Å². The van der Waals surface area contributed by atoms with Crippen LogP contribution in [-0.2, 0) is 4.79 Å². The first-order valence-electron chi connectivity index (χ1n) is 7.34. The van der Waals surface area contributed by atoms with Crippen LogP contribution in [0.4, 0.5) is 5.69 Å². The number of rotatable bonds is 4.